The number of nitrogens with one attached hydrogen (secondary N) is 1. The lowest BCUT2D eigenvalue weighted by Gasteiger charge is -2.16. The Kier molecular flexibility index (Phi) is 8.01. The number of nitrogen functional groups attached to an aromatic ring is 1. The second kappa shape index (κ2) is 10.5. The fraction of sp³-hybridized carbons (Fsp3) is 0.389. The predicted octanol–water partition coefficient (Wildman–Crippen LogP) is 1.89. The molecule has 2 aromatic rings. The average Bonchev–Trinajstić information content (AvgIpc) is 3.07. The summed E-state index contributed by atoms with van der Waals surface area (Å²) < 4.78 is 11.2. The van der Waals surface area contributed by atoms with Crippen LogP contribution in [0.1, 0.15) is 37.2 Å². The van der Waals surface area contributed by atoms with E-state index in [1.54, 1.807) is 45.0 Å². The van der Waals surface area contributed by atoms with E-state index in [2.05, 4.69) is 15.5 Å². The topological polar surface area (TPSA) is 138 Å². The highest BCUT2D eigenvalue weighted by Crippen LogP contribution is 2.24. The molecule has 11 heteroatoms. The molecule has 10 nitrogen and oxygen atoms in total. The van der Waals surface area contributed by atoms with Gasteiger partial charge in [-0.3, -0.25) is 14.2 Å². The number of carbonyl (C=O) groups is 3. The normalized spacial score (nSPS) is 11.6. The zero-order valence-electron chi connectivity index (χ0n) is 16.4. The smallest absolute Gasteiger partial charge is 0.338 e. The lowest BCUT2D eigenvalue weighted by atomic mass is 10.2. The standard InChI is InChI=1S/C18H23N5O5S/c1-4-27-14(24)10-29-18-22-21-17(19)23(18)11(3)15(25)20-13-8-6-12(7-9-13)16(26)28-5-2/h6-9,11H,4-5,10H2,1-3H3,(H2,19,21)(H,20,25). The molecule has 0 bridgehead atoms. The molecule has 2 rings (SSSR count). The third-order valence-corrected chi connectivity index (χ3v) is 4.66. The summed E-state index contributed by atoms with van der Waals surface area (Å²) in [6, 6.07) is 5.59. The van der Waals surface area contributed by atoms with Crippen molar-refractivity contribution in [2.24, 2.45) is 0 Å². The number of aromatic nitrogens is 3. The largest absolute Gasteiger partial charge is 0.465 e. The third-order valence-electron chi connectivity index (χ3n) is 3.75. The quantitative estimate of drug-likeness (QED) is 0.459. The molecule has 3 N–H and O–H groups in total. The first-order valence-electron chi connectivity index (χ1n) is 8.94. The molecular weight excluding hydrogens is 398 g/mol. The Morgan fingerprint density at radius 1 is 1.14 bits per heavy atom. The zero-order valence-corrected chi connectivity index (χ0v) is 17.2. The maximum atomic E-state index is 12.6. The first kappa shape index (κ1) is 22.2. The molecular formula is C18H23N5O5S. The van der Waals surface area contributed by atoms with Crippen LogP contribution in [-0.4, -0.2) is 51.6 Å². The van der Waals surface area contributed by atoms with E-state index in [0.717, 1.165) is 11.8 Å². The Balaban J connectivity index is 2.05. The molecule has 1 atom stereocenters. The van der Waals surface area contributed by atoms with Crippen molar-refractivity contribution in [3.8, 4) is 0 Å². The number of hydrogen-bond donors (Lipinski definition) is 2. The third kappa shape index (κ3) is 5.95. The Hall–Kier alpha value is -3.08. The molecule has 0 aliphatic heterocycles. The number of thioether (sulfide) groups is 1. The van der Waals surface area contributed by atoms with Gasteiger partial charge in [-0.15, -0.1) is 10.2 Å². The number of nitrogens with two attached hydrogens (primary N) is 1. The molecule has 1 aromatic heterocycles. The van der Waals surface area contributed by atoms with Crippen LogP contribution in [0.25, 0.3) is 0 Å². The van der Waals surface area contributed by atoms with Crippen LogP contribution < -0.4 is 11.1 Å². The molecule has 0 saturated heterocycles. The van der Waals surface area contributed by atoms with Gasteiger partial charge in [-0.2, -0.15) is 0 Å². The lowest BCUT2D eigenvalue weighted by Crippen LogP contribution is -2.25. The number of anilines is 2. The summed E-state index contributed by atoms with van der Waals surface area (Å²) in [6.45, 7) is 5.64. The van der Waals surface area contributed by atoms with Gasteiger partial charge >= 0.3 is 11.9 Å². The Labute approximate surface area is 172 Å². The minimum absolute atomic E-state index is 0.0234. The zero-order chi connectivity index (χ0) is 21.4. The maximum absolute atomic E-state index is 12.6. The first-order chi connectivity index (χ1) is 13.9. The highest BCUT2D eigenvalue weighted by Gasteiger charge is 2.23. The van der Waals surface area contributed by atoms with Gasteiger partial charge in [-0.1, -0.05) is 11.8 Å². The molecule has 29 heavy (non-hydrogen) atoms. The fourth-order valence-electron chi connectivity index (χ4n) is 2.34. The van der Waals surface area contributed by atoms with E-state index in [9.17, 15) is 14.4 Å². The van der Waals surface area contributed by atoms with Crippen LogP contribution >= 0.6 is 11.8 Å². The van der Waals surface area contributed by atoms with Crippen molar-refractivity contribution in [3.63, 3.8) is 0 Å². The van der Waals surface area contributed by atoms with Crippen LogP contribution in [0.5, 0.6) is 0 Å². The van der Waals surface area contributed by atoms with E-state index < -0.39 is 18.0 Å². The molecule has 0 fully saturated rings. The van der Waals surface area contributed by atoms with Crippen molar-refractivity contribution >= 4 is 41.2 Å². The SMILES string of the molecule is CCOC(=O)CSc1nnc(N)n1C(C)C(=O)Nc1ccc(C(=O)OCC)cc1. The summed E-state index contributed by atoms with van der Waals surface area (Å²) in [5.41, 5.74) is 6.74. The summed E-state index contributed by atoms with van der Waals surface area (Å²) in [5, 5.41) is 10.8. The summed E-state index contributed by atoms with van der Waals surface area (Å²) in [6.07, 6.45) is 0. The number of amides is 1. The van der Waals surface area contributed by atoms with Gasteiger partial charge < -0.3 is 20.5 Å². The predicted molar refractivity (Wildman–Crippen MR) is 108 cm³/mol. The van der Waals surface area contributed by atoms with Crippen LogP contribution in [-0.2, 0) is 19.1 Å². The van der Waals surface area contributed by atoms with E-state index in [0.29, 0.717) is 16.4 Å². The molecule has 156 valence electrons. The number of rotatable bonds is 9. The number of hydrogen-bond acceptors (Lipinski definition) is 9. The number of ether oxygens (including phenoxy) is 2. The van der Waals surface area contributed by atoms with Crippen LogP contribution in [0.2, 0.25) is 0 Å². The van der Waals surface area contributed by atoms with E-state index in [4.69, 9.17) is 15.2 Å². The van der Waals surface area contributed by atoms with Gasteiger partial charge in [0.05, 0.1) is 24.5 Å². The highest BCUT2D eigenvalue weighted by molar-refractivity contribution is 7.99. The Morgan fingerprint density at radius 3 is 2.41 bits per heavy atom. The second-order valence-electron chi connectivity index (χ2n) is 5.77. The molecule has 0 aliphatic rings. The average molecular weight is 421 g/mol. The lowest BCUT2D eigenvalue weighted by molar-refractivity contribution is -0.139. The minimum Gasteiger partial charge on any atom is -0.465 e. The van der Waals surface area contributed by atoms with Gasteiger partial charge in [0, 0.05) is 5.69 Å². The summed E-state index contributed by atoms with van der Waals surface area (Å²) in [7, 11) is 0. The van der Waals surface area contributed by atoms with E-state index in [1.807, 2.05) is 0 Å². The van der Waals surface area contributed by atoms with E-state index in [-0.39, 0.29) is 30.8 Å². The number of nitrogens with zero attached hydrogens (tertiary/aromatic N) is 3. The number of esters is 2. The molecule has 1 heterocycles. The number of benzene rings is 1. The van der Waals surface area contributed by atoms with Gasteiger partial charge in [-0.05, 0) is 45.0 Å². The van der Waals surface area contributed by atoms with Crippen molar-refractivity contribution in [2.45, 2.75) is 32.0 Å². The Bertz CT molecular complexity index is 868. The number of carbonyl (C=O) groups excluding carboxylic acids is 3. The van der Waals surface area contributed by atoms with Gasteiger partial charge in [-0.25, -0.2) is 4.79 Å². The molecule has 0 saturated carbocycles. The van der Waals surface area contributed by atoms with Crippen LogP contribution in [0.3, 0.4) is 0 Å². The van der Waals surface area contributed by atoms with Crippen molar-refractivity contribution in [3.05, 3.63) is 29.8 Å². The van der Waals surface area contributed by atoms with Gasteiger partial charge in [0.15, 0.2) is 5.16 Å². The van der Waals surface area contributed by atoms with Crippen molar-refractivity contribution in [2.75, 3.05) is 30.0 Å². The summed E-state index contributed by atoms with van der Waals surface area (Å²) >= 11 is 1.08. The van der Waals surface area contributed by atoms with Crippen LogP contribution in [0.15, 0.2) is 29.4 Å². The van der Waals surface area contributed by atoms with Gasteiger partial charge in [0.1, 0.15) is 6.04 Å². The fourth-order valence-corrected chi connectivity index (χ4v) is 3.16. The van der Waals surface area contributed by atoms with E-state index >= 15 is 0 Å². The summed E-state index contributed by atoms with van der Waals surface area (Å²) in [5.74, 6) is -1.12. The first-order valence-corrected chi connectivity index (χ1v) is 9.92. The van der Waals surface area contributed by atoms with E-state index in [1.165, 1.54) is 4.57 Å². The van der Waals surface area contributed by atoms with Crippen LogP contribution in [0.4, 0.5) is 11.6 Å². The molecule has 0 spiro atoms. The van der Waals surface area contributed by atoms with Gasteiger partial charge in [0.25, 0.3) is 0 Å². The molecule has 1 amide bonds. The van der Waals surface area contributed by atoms with Crippen LogP contribution in [0, 0.1) is 0 Å². The Morgan fingerprint density at radius 2 is 1.79 bits per heavy atom. The minimum atomic E-state index is -0.737. The van der Waals surface area contributed by atoms with Crippen molar-refractivity contribution < 1.29 is 23.9 Å². The molecule has 1 aromatic carbocycles. The summed E-state index contributed by atoms with van der Waals surface area (Å²) in [4.78, 5) is 35.9. The monoisotopic (exact) mass is 421 g/mol. The van der Waals surface area contributed by atoms with Gasteiger partial charge in [0.2, 0.25) is 11.9 Å². The molecule has 0 aliphatic carbocycles. The second-order valence-corrected chi connectivity index (χ2v) is 6.71. The van der Waals surface area contributed by atoms with Crippen molar-refractivity contribution in [1.29, 1.82) is 0 Å². The van der Waals surface area contributed by atoms with Crippen molar-refractivity contribution in [1.82, 2.24) is 14.8 Å². The highest BCUT2D eigenvalue weighted by atomic mass is 32.2. The molecule has 0 radical (unpaired) electrons. The maximum Gasteiger partial charge on any atom is 0.338 e. The molecule has 1 unspecified atom stereocenters.